The highest BCUT2D eigenvalue weighted by Gasteiger charge is 2.10. The second-order valence-electron chi connectivity index (χ2n) is 4.78. The lowest BCUT2D eigenvalue weighted by Crippen LogP contribution is -2.26. The number of imidazole rings is 1. The summed E-state index contributed by atoms with van der Waals surface area (Å²) in [5.74, 6) is 0. The molecule has 0 radical (unpaired) electrons. The lowest BCUT2D eigenvalue weighted by molar-refractivity contribution is 0.555. The zero-order chi connectivity index (χ0) is 14.0. The van der Waals surface area contributed by atoms with Crippen LogP contribution in [0.25, 0.3) is 0 Å². The topological polar surface area (TPSA) is 63.6 Å². The quantitative estimate of drug-likeness (QED) is 0.842. The first-order valence-corrected chi connectivity index (χ1v) is 6.16. The standard InChI is InChI=1S/C14H16N4O/c1-10(2)18-9-16-7-13(18)8-17-11(3)4-5-12(6-15)14(17)19/h4-5,7,9-10H,8H2,1-3H3. The number of hydrogen-bond donors (Lipinski definition) is 0. The Morgan fingerprint density at radius 1 is 1.42 bits per heavy atom. The van der Waals surface area contributed by atoms with E-state index in [1.54, 1.807) is 29.2 Å². The Kier molecular flexibility index (Phi) is 3.52. The molecule has 2 aromatic rings. The molecular formula is C14H16N4O. The Balaban J connectivity index is 2.47. The first-order chi connectivity index (χ1) is 9.04. The first kappa shape index (κ1) is 13.1. The molecule has 5 heteroatoms. The molecule has 2 heterocycles. The second-order valence-corrected chi connectivity index (χ2v) is 4.78. The van der Waals surface area contributed by atoms with Gasteiger partial charge in [0.15, 0.2) is 0 Å². The van der Waals surface area contributed by atoms with Gasteiger partial charge in [0.25, 0.3) is 5.56 Å². The lowest BCUT2D eigenvalue weighted by Gasteiger charge is -2.14. The van der Waals surface area contributed by atoms with Crippen molar-refractivity contribution in [1.82, 2.24) is 14.1 Å². The Morgan fingerprint density at radius 3 is 2.79 bits per heavy atom. The number of nitriles is 1. The number of rotatable bonds is 3. The third kappa shape index (κ3) is 2.43. The summed E-state index contributed by atoms with van der Waals surface area (Å²) in [6.45, 7) is 6.41. The highest BCUT2D eigenvalue weighted by Crippen LogP contribution is 2.10. The third-order valence-corrected chi connectivity index (χ3v) is 3.14. The SMILES string of the molecule is Cc1ccc(C#N)c(=O)n1Cc1cncn1C(C)C. The van der Waals surface area contributed by atoms with Gasteiger partial charge in [0.05, 0.1) is 18.6 Å². The molecule has 0 atom stereocenters. The van der Waals surface area contributed by atoms with Crippen LogP contribution in [-0.2, 0) is 6.54 Å². The Hall–Kier alpha value is -2.35. The number of aromatic nitrogens is 3. The van der Waals surface area contributed by atoms with Gasteiger partial charge in [-0.2, -0.15) is 5.26 Å². The van der Waals surface area contributed by atoms with Crippen LogP contribution < -0.4 is 5.56 Å². The Labute approximate surface area is 111 Å². The van der Waals surface area contributed by atoms with Crippen molar-refractivity contribution in [3.8, 4) is 6.07 Å². The molecule has 0 unspecified atom stereocenters. The van der Waals surface area contributed by atoms with Crippen LogP contribution in [0.4, 0.5) is 0 Å². The van der Waals surface area contributed by atoms with Gasteiger partial charge in [-0.25, -0.2) is 4.98 Å². The van der Waals surface area contributed by atoms with Crippen LogP contribution in [0, 0.1) is 18.3 Å². The molecule has 0 aliphatic carbocycles. The van der Waals surface area contributed by atoms with Crippen LogP contribution in [0.3, 0.4) is 0 Å². The van der Waals surface area contributed by atoms with Crippen LogP contribution >= 0.6 is 0 Å². The molecule has 0 saturated heterocycles. The van der Waals surface area contributed by atoms with E-state index in [4.69, 9.17) is 5.26 Å². The molecule has 0 aromatic carbocycles. The van der Waals surface area contributed by atoms with E-state index < -0.39 is 0 Å². The molecule has 0 saturated carbocycles. The summed E-state index contributed by atoms with van der Waals surface area (Å²) in [5, 5.41) is 8.92. The number of hydrogen-bond acceptors (Lipinski definition) is 3. The molecule has 0 N–H and O–H groups in total. The zero-order valence-corrected chi connectivity index (χ0v) is 11.3. The smallest absolute Gasteiger partial charge is 0.269 e. The van der Waals surface area contributed by atoms with Gasteiger partial charge in [-0.3, -0.25) is 4.79 Å². The molecule has 0 aliphatic rings. The van der Waals surface area contributed by atoms with Gasteiger partial charge < -0.3 is 9.13 Å². The minimum Gasteiger partial charge on any atom is -0.330 e. The van der Waals surface area contributed by atoms with Crippen LogP contribution in [0.2, 0.25) is 0 Å². The zero-order valence-electron chi connectivity index (χ0n) is 11.3. The molecule has 2 aromatic heterocycles. The molecular weight excluding hydrogens is 240 g/mol. The van der Waals surface area contributed by atoms with E-state index in [2.05, 4.69) is 18.8 Å². The highest BCUT2D eigenvalue weighted by molar-refractivity contribution is 5.27. The van der Waals surface area contributed by atoms with Gasteiger partial charge in [-0.15, -0.1) is 0 Å². The molecule has 19 heavy (non-hydrogen) atoms. The predicted molar refractivity (Wildman–Crippen MR) is 71.9 cm³/mol. The van der Waals surface area contributed by atoms with E-state index in [-0.39, 0.29) is 17.2 Å². The summed E-state index contributed by atoms with van der Waals surface area (Å²) < 4.78 is 3.62. The minimum absolute atomic E-state index is 0.168. The molecule has 0 fully saturated rings. The minimum atomic E-state index is -0.251. The van der Waals surface area contributed by atoms with E-state index in [0.29, 0.717) is 6.54 Å². The van der Waals surface area contributed by atoms with Crippen LogP contribution in [0.1, 0.15) is 36.8 Å². The molecule has 0 amide bonds. The summed E-state index contributed by atoms with van der Waals surface area (Å²) in [5.41, 5.74) is 1.70. The van der Waals surface area contributed by atoms with E-state index in [1.807, 2.05) is 17.6 Å². The second kappa shape index (κ2) is 5.11. The lowest BCUT2D eigenvalue weighted by atomic mass is 10.2. The van der Waals surface area contributed by atoms with Crippen molar-refractivity contribution in [2.45, 2.75) is 33.4 Å². The van der Waals surface area contributed by atoms with Crippen molar-refractivity contribution >= 4 is 0 Å². The van der Waals surface area contributed by atoms with Gasteiger partial charge >= 0.3 is 0 Å². The Bertz CT molecular complexity index is 688. The van der Waals surface area contributed by atoms with Crippen LogP contribution in [0.5, 0.6) is 0 Å². The van der Waals surface area contributed by atoms with Crippen LogP contribution in [-0.4, -0.2) is 14.1 Å². The highest BCUT2D eigenvalue weighted by atomic mass is 16.1. The third-order valence-electron chi connectivity index (χ3n) is 3.14. The fourth-order valence-corrected chi connectivity index (χ4v) is 2.03. The van der Waals surface area contributed by atoms with Gasteiger partial charge in [0.1, 0.15) is 11.6 Å². The molecule has 0 aliphatic heterocycles. The predicted octanol–water partition coefficient (Wildman–Crippen LogP) is 1.85. The van der Waals surface area contributed by atoms with E-state index in [0.717, 1.165) is 11.4 Å². The number of nitrogens with zero attached hydrogens (tertiary/aromatic N) is 4. The first-order valence-electron chi connectivity index (χ1n) is 6.16. The maximum Gasteiger partial charge on any atom is 0.269 e. The fourth-order valence-electron chi connectivity index (χ4n) is 2.03. The Morgan fingerprint density at radius 2 is 2.16 bits per heavy atom. The van der Waals surface area contributed by atoms with Gasteiger partial charge in [0, 0.05) is 17.9 Å². The summed E-state index contributed by atoms with van der Waals surface area (Å²) >= 11 is 0. The molecule has 0 bridgehead atoms. The van der Waals surface area contributed by atoms with Crippen molar-refractivity contribution in [2.24, 2.45) is 0 Å². The fraction of sp³-hybridized carbons (Fsp3) is 0.357. The summed E-state index contributed by atoms with van der Waals surface area (Å²) in [6, 6.07) is 5.56. The van der Waals surface area contributed by atoms with E-state index in [9.17, 15) is 4.79 Å². The van der Waals surface area contributed by atoms with Crippen molar-refractivity contribution in [3.05, 3.63) is 52.0 Å². The molecule has 2 rings (SSSR count). The van der Waals surface area contributed by atoms with Gasteiger partial charge in [0.2, 0.25) is 0 Å². The average molecular weight is 256 g/mol. The van der Waals surface area contributed by atoms with E-state index >= 15 is 0 Å². The molecule has 0 spiro atoms. The monoisotopic (exact) mass is 256 g/mol. The number of aryl methyl sites for hydroxylation is 1. The molecule has 5 nitrogen and oxygen atoms in total. The summed E-state index contributed by atoms with van der Waals surface area (Å²) in [6.07, 6.45) is 3.51. The summed E-state index contributed by atoms with van der Waals surface area (Å²) in [7, 11) is 0. The number of pyridine rings is 1. The van der Waals surface area contributed by atoms with E-state index in [1.165, 1.54) is 0 Å². The maximum absolute atomic E-state index is 12.1. The maximum atomic E-state index is 12.1. The summed E-state index contributed by atoms with van der Waals surface area (Å²) in [4.78, 5) is 16.3. The normalized spacial score (nSPS) is 10.7. The van der Waals surface area contributed by atoms with Crippen molar-refractivity contribution in [1.29, 1.82) is 5.26 Å². The van der Waals surface area contributed by atoms with Crippen molar-refractivity contribution in [2.75, 3.05) is 0 Å². The van der Waals surface area contributed by atoms with Crippen molar-refractivity contribution < 1.29 is 0 Å². The van der Waals surface area contributed by atoms with Gasteiger partial charge in [-0.1, -0.05) is 0 Å². The van der Waals surface area contributed by atoms with Crippen LogP contribution in [0.15, 0.2) is 29.5 Å². The average Bonchev–Trinajstić information content (AvgIpc) is 2.83. The largest absolute Gasteiger partial charge is 0.330 e. The molecule has 98 valence electrons. The van der Waals surface area contributed by atoms with Crippen molar-refractivity contribution in [3.63, 3.8) is 0 Å². The van der Waals surface area contributed by atoms with Gasteiger partial charge in [-0.05, 0) is 32.9 Å².